The maximum atomic E-state index is 10.4. The van der Waals surface area contributed by atoms with Crippen molar-refractivity contribution >= 4 is 6.47 Å². The molecule has 72 valence electrons. The molecule has 0 radical (unpaired) electrons. The molecule has 0 amide bonds. The highest BCUT2D eigenvalue weighted by Gasteiger charge is 2.48. The highest BCUT2D eigenvalue weighted by molar-refractivity contribution is 5.38. The summed E-state index contributed by atoms with van der Waals surface area (Å²) in [4.78, 5) is 12.9. The Balaban J connectivity index is 1.81. The second-order valence-electron chi connectivity index (χ2n) is 4.77. The molecule has 13 heavy (non-hydrogen) atoms. The van der Waals surface area contributed by atoms with Crippen LogP contribution in [-0.4, -0.2) is 37.1 Å². The normalized spacial score (nSPS) is 52.2. The molecule has 3 heterocycles. The third-order valence-electron chi connectivity index (χ3n) is 3.92. The maximum Gasteiger partial charge on any atom is 0.293 e. The average Bonchev–Trinajstić information content (AvgIpc) is 2.10. The predicted octanol–water partition coefficient (Wildman–Crippen LogP) is 0.500. The summed E-state index contributed by atoms with van der Waals surface area (Å²) in [5, 5.41) is 0. The van der Waals surface area contributed by atoms with Crippen molar-refractivity contribution in [3.63, 3.8) is 0 Å². The zero-order valence-corrected chi connectivity index (χ0v) is 7.69. The van der Waals surface area contributed by atoms with Gasteiger partial charge < -0.3 is 9.64 Å². The summed E-state index contributed by atoms with van der Waals surface area (Å²) in [5.74, 6) is 2.16. The molecule has 4 bridgehead atoms. The van der Waals surface area contributed by atoms with Crippen molar-refractivity contribution < 1.29 is 9.53 Å². The van der Waals surface area contributed by atoms with E-state index < -0.39 is 0 Å². The van der Waals surface area contributed by atoms with Crippen molar-refractivity contribution in [3.8, 4) is 0 Å². The monoisotopic (exact) mass is 181 g/mol. The molecule has 3 aliphatic heterocycles. The molecule has 1 saturated carbocycles. The first-order valence-corrected chi connectivity index (χ1v) is 5.18. The lowest BCUT2D eigenvalue weighted by Crippen LogP contribution is -2.60. The molecule has 1 unspecified atom stereocenters. The SMILES string of the molecule is O=CO[C@H]1[C@@H]2C[C@H]3C[C@H]1CN(C3)C2. The smallest absolute Gasteiger partial charge is 0.293 e. The number of hydrogen-bond acceptors (Lipinski definition) is 3. The van der Waals surface area contributed by atoms with Gasteiger partial charge in [0.05, 0.1) is 0 Å². The van der Waals surface area contributed by atoms with Gasteiger partial charge in [-0.1, -0.05) is 0 Å². The van der Waals surface area contributed by atoms with E-state index in [0.29, 0.717) is 18.3 Å². The molecule has 3 heteroatoms. The zero-order valence-electron chi connectivity index (χ0n) is 7.69. The first-order chi connectivity index (χ1) is 6.36. The van der Waals surface area contributed by atoms with E-state index in [1.807, 2.05) is 0 Å². The minimum atomic E-state index is 0.241. The third-order valence-corrected chi connectivity index (χ3v) is 3.92. The summed E-state index contributed by atoms with van der Waals surface area (Å²) in [5.41, 5.74) is 0. The fraction of sp³-hybridized carbons (Fsp3) is 0.900. The van der Waals surface area contributed by atoms with E-state index in [-0.39, 0.29) is 6.10 Å². The molecule has 0 spiro atoms. The molecule has 1 aliphatic carbocycles. The second kappa shape index (κ2) is 2.71. The fourth-order valence-electron chi connectivity index (χ4n) is 3.65. The summed E-state index contributed by atoms with van der Waals surface area (Å²) in [6.07, 6.45) is 2.81. The van der Waals surface area contributed by atoms with E-state index in [4.69, 9.17) is 4.74 Å². The van der Waals surface area contributed by atoms with Crippen molar-refractivity contribution in [1.29, 1.82) is 0 Å². The summed E-state index contributed by atoms with van der Waals surface area (Å²) >= 11 is 0. The lowest BCUT2D eigenvalue weighted by Gasteiger charge is -2.54. The Labute approximate surface area is 78.0 Å². The molecule has 5 atom stereocenters. The Hall–Kier alpha value is -0.570. The van der Waals surface area contributed by atoms with Gasteiger partial charge in [0.1, 0.15) is 6.10 Å². The van der Waals surface area contributed by atoms with Crippen LogP contribution in [0.3, 0.4) is 0 Å². The van der Waals surface area contributed by atoms with Gasteiger partial charge in [0.15, 0.2) is 0 Å². The second-order valence-corrected chi connectivity index (χ2v) is 4.77. The van der Waals surface area contributed by atoms with Gasteiger partial charge in [-0.2, -0.15) is 0 Å². The summed E-state index contributed by atoms with van der Waals surface area (Å²) < 4.78 is 5.21. The van der Waals surface area contributed by atoms with Crippen LogP contribution in [0.5, 0.6) is 0 Å². The fourth-order valence-corrected chi connectivity index (χ4v) is 3.65. The van der Waals surface area contributed by atoms with Gasteiger partial charge >= 0.3 is 0 Å². The number of piperidine rings is 3. The van der Waals surface area contributed by atoms with E-state index in [1.165, 1.54) is 19.4 Å². The van der Waals surface area contributed by atoms with Crippen LogP contribution in [0.2, 0.25) is 0 Å². The number of carbonyl (C=O) groups excluding carboxylic acids is 1. The van der Waals surface area contributed by atoms with Gasteiger partial charge in [0, 0.05) is 31.5 Å². The Morgan fingerprint density at radius 2 is 1.85 bits per heavy atom. The van der Waals surface area contributed by atoms with Crippen molar-refractivity contribution in [2.24, 2.45) is 17.8 Å². The van der Waals surface area contributed by atoms with E-state index in [1.54, 1.807) is 0 Å². The van der Waals surface area contributed by atoms with Crippen LogP contribution in [0.1, 0.15) is 12.8 Å². The van der Waals surface area contributed by atoms with E-state index in [9.17, 15) is 4.79 Å². The first-order valence-electron chi connectivity index (χ1n) is 5.18. The molecule has 0 aromatic heterocycles. The molecular weight excluding hydrogens is 166 g/mol. The molecule has 4 fully saturated rings. The van der Waals surface area contributed by atoms with Crippen molar-refractivity contribution in [2.45, 2.75) is 18.9 Å². The summed E-state index contributed by atoms with van der Waals surface area (Å²) in [6.45, 7) is 4.25. The molecule has 4 rings (SSSR count). The molecule has 3 saturated heterocycles. The molecular formula is C10H15NO2. The van der Waals surface area contributed by atoms with Crippen LogP contribution >= 0.6 is 0 Å². The predicted molar refractivity (Wildman–Crippen MR) is 47.1 cm³/mol. The van der Waals surface area contributed by atoms with Crippen molar-refractivity contribution in [1.82, 2.24) is 4.90 Å². The topological polar surface area (TPSA) is 29.5 Å². The Bertz CT molecular complexity index is 201. The average molecular weight is 181 g/mol. The Kier molecular flexibility index (Phi) is 1.62. The standard InChI is InChI=1S/C10H15NO2/c12-6-13-10-8-1-7-2-9(10)5-11(3-7)4-8/h6-10H,1-5H2/t7-,8+,9-,10-. The molecule has 3 nitrogen and oxygen atoms in total. The Morgan fingerprint density at radius 3 is 2.38 bits per heavy atom. The van der Waals surface area contributed by atoms with Crippen LogP contribution < -0.4 is 0 Å². The van der Waals surface area contributed by atoms with Crippen molar-refractivity contribution in [3.05, 3.63) is 0 Å². The third kappa shape index (κ3) is 1.10. The van der Waals surface area contributed by atoms with E-state index in [0.717, 1.165) is 19.0 Å². The quantitative estimate of drug-likeness (QED) is 0.581. The van der Waals surface area contributed by atoms with Gasteiger partial charge in [0.25, 0.3) is 6.47 Å². The lowest BCUT2D eigenvalue weighted by molar-refractivity contribution is -0.160. The van der Waals surface area contributed by atoms with Gasteiger partial charge in [0.2, 0.25) is 0 Å². The highest BCUT2D eigenvalue weighted by Crippen LogP contribution is 2.44. The molecule has 4 aliphatic rings. The summed E-state index contributed by atoms with van der Waals surface area (Å²) in [6, 6.07) is 0. The van der Waals surface area contributed by atoms with Crippen molar-refractivity contribution in [2.75, 3.05) is 19.6 Å². The van der Waals surface area contributed by atoms with Gasteiger partial charge in [-0.05, 0) is 18.8 Å². The summed E-state index contributed by atoms with van der Waals surface area (Å²) in [7, 11) is 0. The maximum absolute atomic E-state index is 10.4. The van der Waals surface area contributed by atoms with Crippen LogP contribution in [0.15, 0.2) is 0 Å². The zero-order chi connectivity index (χ0) is 8.84. The highest BCUT2D eigenvalue weighted by atomic mass is 16.5. The van der Waals surface area contributed by atoms with Crippen LogP contribution in [0, 0.1) is 17.8 Å². The molecule has 0 N–H and O–H groups in total. The molecule has 0 aromatic carbocycles. The van der Waals surface area contributed by atoms with Gasteiger partial charge in [-0.15, -0.1) is 0 Å². The molecule has 0 aromatic rings. The number of hydrogen-bond donors (Lipinski definition) is 0. The van der Waals surface area contributed by atoms with Gasteiger partial charge in [-0.3, -0.25) is 4.79 Å². The largest absolute Gasteiger partial charge is 0.464 e. The van der Waals surface area contributed by atoms with E-state index in [2.05, 4.69) is 4.90 Å². The number of nitrogens with zero attached hydrogens (tertiary/aromatic N) is 1. The number of rotatable bonds is 2. The minimum absolute atomic E-state index is 0.241. The first kappa shape index (κ1) is 7.80. The van der Waals surface area contributed by atoms with Crippen LogP contribution in [-0.2, 0) is 9.53 Å². The minimum Gasteiger partial charge on any atom is -0.464 e. The van der Waals surface area contributed by atoms with Gasteiger partial charge in [-0.25, -0.2) is 0 Å². The number of carbonyl (C=O) groups is 1. The Morgan fingerprint density at radius 1 is 1.15 bits per heavy atom. The van der Waals surface area contributed by atoms with E-state index >= 15 is 0 Å². The van der Waals surface area contributed by atoms with Crippen LogP contribution in [0.4, 0.5) is 0 Å². The lowest BCUT2D eigenvalue weighted by atomic mass is 9.66. The van der Waals surface area contributed by atoms with Crippen LogP contribution in [0.25, 0.3) is 0 Å². The number of ether oxygens (including phenoxy) is 1.